The van der Waals surface area contributed by atoms with E-state index >= 15 is 0 Å². The molecule has 0 spiro atoms. The molecule has 0 aliphatic carbocycles. The van der Waals surface area contributed by atoms with Crippen LogP contribution in [0, 0.1) is 6.92 Å². The van der Waals surface area contributed by atoms with E-state index in [9.17, 15) is 8.42 Å². The van der Waals surface area contributed by atoms with Gasteiger partial charge in [0, 0.05) is 17.9 Å². The highest BCUT2D eigenvalue weighted by Gasteiger charge is 2.16. The van der Waals surface area contributed by atoms with Gasteiger partial charge < -0.3 is 10.2 Å². The van der Waals surface area contributed by atoms with Gasteiger partial charge >= 0.3 is 0 Å². The van der Waals surface area contributed by atoms with Crippen LogP contribution in [0.15, 0.2) is 53.4 Å². The van der Waals surface area contributed by atoms with Crippen LogP contribution in [0.2, 0.25) is 0 Å². The highest BCUT2D eigenvalue weighted by molar-refractivity contribution is 7.92. The molecule has 0 saturated carbocycles. The van der Waals surface area contributed by atoms with E-state index in [1.165, 1.54) is 0 Å². The van der Waals surface area contributed by atoms with Crippen LogP contribution in [-0.4, -0.2) is 40.5 Å². The van der Waals surface area contributed by atoms with Crippen LogP contribution in [0.25, 0.3) is 0 Å². The number of hydrogen-bond donors (Lipinski definition) is 2. The highest BCUT2D eigenvalue weighted by atomic mass is 32.2. The molecule has 6 heteroatoms. The summed E-state index contributed by atoms with van der Waals surface area (Å²) in [6.07, 6.45) is 1.05. The molecule has 0 heterocycles. The molecule has 0 radical (unpaired) electrons. The van der Waals surface area contributed by atoms with Crippen LogP contribution in [0.5, 0.6) is 0 Å². The Balaban J connectivity index is 1.97. The second-order valence-corrected chi connectivity index (χ2v) is 7.68. The van der Waals surface area contributed by atoms with E-state index in [1.807, 2.05) is 18.2 Å². The minimum absolute atomic E-state index is 0.302. The fourth-order valence-electron chi connectivity index (χ4n) is 2.35. The Morgan fingerprint density at radius 1 is 0.958 bits per heavy atom. The van der Waals surface area contributed by atoms with Crippen molar-refractivity contribution in [1.82, 2.24) is 4.90 Å². The smallest absolute Gasteiger partial charge is 0.262 e. The van der Waals surface area contributed by atoms with Crippen molar-refractivity contribution in [1.29, 1.82) is 0 Å². The Bertz CT molecular complexity index is 756. The molecule has 2 N–H and O–H groups in total. The summed E-state index contributed by atoms with van der Waals surface area (Å²) in [6, 6.07) is 14.2. The van der Waals surface area contributed by atoms with E-state index < -0.39 is 10.0 Å². The summed E-state index contributed by atoms with van der Waals surface area (Å²) in [5.41, 5.74) is 2.26. The summed E-state index contributed by atoms with van der Waals surface area (Å²) in [5, 5.41) is 3.33. The Morgan fingerprint density at radius 3 is 2.21 bits per heavy atom. The third-order valence-corrected chi connectivity index (χ3v) is 5.17. The summed E-state index contributed by atoms with van der Waals surface area (Å²) < 4.78 is 27.5. The van der Waals surface area contributed by atoms with Crippen LogP contribution in [0.3, 0.4) is 0 Å². The molecule has 0 atom stereocenters. The summed E-state index contributed by atoms with van der Waals surface area (Å²) >= 11 is 0. The molecule has 130 valence electrons. The third kappa shape index (κ3) is 5.25. The molecule has 2 rings (SSSR count). The van der Waals surface area contributed by atoms with E-state index in [2.05, 4.69) is 29.0 Å². The van der Waals surface area contributed by atoms with Gasteiger partial charge in [-0.1, -0.05) is 18.2 Å². The first-order valence-corrected chi connectivity index (χ1v) is 9.44. The predicted molar refractivity (Wildman–Crippen MR) is 100 cm³/mol. The Hall–Kier alpha value is -2.05. The number of nitrogens with zero attached hydrogens (tertiary/aromatic N) is 1. The Labute approximate surface area is 144 Å². The Kier molecular flexibility index (Phi) is 6.23. The van der Waals surface area contributed by atoms with E-state index in [0.29, 0.717) is 10.6 Å². The molecule has 0 saturated heterocycles. The third-order valence-electron chi connectivity index (χ3n) is 3.63. The number of benzene rings is 2. The molecule has 0 aromatic heterocycles. The van der Waals surface area contributed by atoms with Crippen molar-refractivity contribution in [2.24, 2.45) is 0 Å². The lowest BCUT2D eigenvalue weighted by molar-refractivity contribution is 0.405. The summed E-state index contributed by atoms with van der Waals surface area (Å²) in [7, 11) is 0.539. The maximum atomic E-state index is 12.5. The van der Waals surface area contributed by atoms with Crippen molar-refractivity contribution in [2.45, 2.75) is 18.2 Å². The van der Waals surface area contributed by atoms with Gasteiger partial charge in [0.2, 0.25) is 0 Å². The second kappa shape index (κ2) is 8.17. The van der Waals surface area contributed by atoms with E-state index in [4.69, 9.17) is 0 Å². The van der Waals surface area contributed by atoms with E-state index in [0.717, 1.165) is 30.8 Å². The van der Waals surface area contributed by atoms with Gasteiger partial charge in [-0.25, -0.2) is 8.42 Å². The average molecular weight is 347 g/mol. The van der Waals surface area contributed by atoms with Gasteiger partial charge in [-0.05, 0) is 69.9 Å². The maximum Gasteiger partial charge on any atom is 0.262 e. The normalized spacial score (nSPS) is 11.5. The molecule has 24 heavy (non-hydrogen) atoms. The maximum absolute atomic E-state index is 12.5. The molecular formula is C18H25N3O2S. The molecule has 2 aromatic rings. The topological polar surface area (TPSA) is 61.4 Å². The highest BCUT2D eigenvalue weighted by Crippen LogP contribution is 2.20. The van der Waals surface area contributed by atoms with E-state index in [-0.39, 0.29) is 0 Å². The molecule has 0 aliphatic heterocycles. The van der Waals surface area contributed by atoms with Gasteiger partial charge in [0.15, 0.2) is 0 Å². The standard InChI is InChI=1S/C18H25N3O2S/c1-15-7-4-5-8-18(15)24(22,23)20-17-11-9-16(10-12-17)19-13-6-14-21(2)3/h4-5,7-12,19-20H,6,13-14H2,1-3H3. The predicted octanol–water partition coefficient (Wildman–Crippen LogP) is 3.16. The quantitative estimate of drug-likeness (QED) is 0.720. The fraction of sp³-hybridized carbons (Fsp3) is 0.333. The van der Waals surface area contributed by atoms with Crippen molar-refractivity contribution >= 4 is 21.4 Å². The molecule has 0 aliphatic rings. The number of anilines is 2. The summed E-state index contributed by atoms with van der Waals surface area (Å²) in [6.45, 7) is 3.70. The van der Waals surface area contributed by atoms with Crippen molar-refractivity contribution in [3.05, 3.63) is 54.1 Å². The average Bonchev–Trinajstić information content (AvgIpc) is 2.53. The first kappa shape index (κ1) is 18.3. The zero-order valence-corrected chi connectivity index (χ0v) is 15.2. The van der Waals surface area contributed by atoms with Crippen LogP contribution in [0.1, 0.15) is 12.0 Å². The molecule has 5 nitrogen and oxygen atoms in total. The van der Waals surface area contributed by atoms with Gasteiger partial charge in [0.25, 0.3) is 10.0 Å². The van der Waals surface area contributed by atoms with Crippen LogP contribution in [-0.2, 0) is 10.0 Å². The first-order valence-electron chi connectivity index (χ1n) is 7.95. The number of hydrogen-bond acceptors (Lipinski definition) is 4. The van der Waals surface area contributed by atoms with Crippen molar-refractivity contribution < 1.29 is 8.42 Å². The van der Waals surface area contributed by atoms with Gasteiger partial charge in [-0.3, -0.25) is 4.72 Å². The van der Waals surface area contributed by atoms with Crippen LogP contribution < -0.4 is 10.0 Å². The zero-order valence-electron chi connectivity index (χ0n) is 14.4. The molecule has 0 unspecified atom stereocenters. The number of nitrogens with one attached hydrogen (secondary N) is 2. The zero-order chi connectivity index (χ0) is 17.6. The number of sulfonamides is 1. The molecule has 2 aromatic carbocycles. The number of aryl methyl sites for hydroxylation is 1. The lowest BCUT2D eigenvalue weighted by Gasteiger charge is -2.12. The molecule has 0 fully saturated rings. The lowest BCUT2D eigenvalue weighted by atomic mass is 10.2. The van der Waals surface area contributed by atoms with Crippen LogP contribution >= 0.6 is 0 Å². The minimum atomic E-state index is -3.56. The first-order chi connectivity index (χ1) is 11.4. The van der Waals surface area contributed by atoms with Crippen LogP contribution in [0.4, 0.5) is 11.4 Å². The van der Waals surface area contributed by atoms with Gasteiger partial charge in [0.1, 0.15) is 0 Å². The van der Waals surface area contributed by atoms with Crippen molar-refractivity contribution in [3.8, 4) is 0 Å². The number of rotatable bonds is 8. The summed E-state index contributed by atoms with van der Waals surface area (Å²) in [4.78, 5) is 2.45. The fourth-order valence-corrected chi connectivity index (χ4v) is 3.66. The van der Waals surface area contributed by atoms with Gasteiger partial charge in [-0.2, -0.15) is 0 Å². The van der Waals surface area contributed by atoms with Gasteiger partial charge in [0.05, 0.1) is 4.90 Å². The molecule has 0 amide bonds. The monoisotopic (exact) mass is 347 g/mol. The van der Waals surface area contributed by atoms with Crippen molar-refractivity contribution in [2.75, 3.05) is 37.2 Å². The molecule has 0 bridgehead atoms. The minimum Gasteiger partial charge on any atom is -0.385 e. The lowest BCUT2D eigenvalue weighted by Crippen LogP contribution is -2.16. The van der Waals surface area contributed by atoms with Gasteiger partial charge in [-0.15, -0.1) is 0 Å². The SMILES string of the molecule is Cc1ccccc1S(=O)(=O)Nc1ccc(NCCCN(C)C)cc1. The van der Waals surface area contributed by atoms with Crippen molar-refractivity contribution in [3.63, 3.8) is 0 Å². The van der Waals surface area contributed by atoms with E-state index in [1.54, 1.807) is 37.3 Å². The summed E-state index contributed by atoms with van der Waals surface area (Å²) in [5.74, 6) is 0. The largest absolute Gasteiger partial charge is 0.385 e. The Morgan fingerprint density at radius 2 is 1.58 bits per heavy atom. The second-order valence-electron chi connectivity index (χ2n) is 6.03. The molecular weight excluding hydrogens is 322 g/mol.